The standard InChI is InChI=1S/C18H28ClN5O/c1-12(2)8-20-9-14-5-6-24(10-14)11-15-17(21-23(4)18(15)19)16-7-13(3)25-22-16/h7,12,14,20H,5-6,8-11H2,1-4H3. The molecule has 0 saturated carbocycles. The van der Waals surface area contributed by atoms with Crippen LogP contribution in [-0.4, -0.2) is 46.0 Å². The van der Waals surface area contributed by atoms with Gasteiger partial charge < -0.3 is 9.84 Å². The van der Waals surface area contributed by atoms with E-state index in [-0.39, 0.29) is 0 Å². The number of hydrogen-bond donors (Lipinski definition) is 1. The third-order valence-electron chi connectivity index (χ3n) is 4.68. The fourth-order valence-electron chi connectivity index (χ4n) is 3.39. The second-order valence-electron chi connectivity index (χ2n) is 7.51. The van der Waals surface area contributed by atoms with Crippen LogP contribution in [0.3, 0.4) is 0 Å². The van der Waals surface area contributed by atoms with Crippen molar-refractivity contribution < 1.29 is 4.52 Å². The maximum atomic E-state index is 6.51. The Hall–Kier alpha value is -1.37. The summed E-state index contributed by atoms with van der Waals surface area (Å²) in [5, 5.41) is 12.9. The molecule has 6 nitrogen and oxygen atoms in total. The minimum Gasteiger partial charge on any atom is -0.361 e. The Bertz CT molecular complexity index is 708. The van der Waals surface area contributed by atoms with Gasteiger partial charge in [-0.05, 0) is 44.8 Å². The van der Waals surface area contributed by atoms with E-state index in [9.17, 15) is 0 Å². The molecule has 2 aromatic heterocycles. The van der Waals surface area contributed by atoms with E-state index >= 15 is 0 Å². The second kappa shape index (κ2) is 7.89. The summed E-state index contributed by atoms with van der Waals surface area (Å²) in [7, 11) is 1.87. The highest BCUT2D eigenvalue weighted by Gasteiger charge is 2.26. The number of halogens is 1. The topological polar surface area (TPSA) is 59.1 Å². The van der Waals surface area contributed by atoms with Crippen molar-refractivity contribution in [3.05, 3.63) is 22.5 Å². The van der Waals surface area contributed by atoms with Gasteiger partial charge >= 0.3 is 0 Å². The monoisotopic (exact) mass is 365 g/mol. The molecule has 2 aromatic rings. The van der Waals surface area contributed by atoms with Gasteiger partial charge in [0.1, 0.15) is 22.3 Å². The van der Waals surface area contributed by atoms with Gasteiger partial charge in [0, 0.05) is 31.8 Å². The molecule has 1 unspecified atom stereocenters. The minimum atomic E-state index is 0.678. The molecule has 3 rings (SSSR count). The summed E-state index contributed by atoms with van der Waals surface area (Å²) < 4.78 is 6.93. The van der Waals surface area contributed by atoms with Gasteiger partial charge in [-0.15, -0.1) is 0 Å². The number of rotatable bonds is 7. The first-order valence-corrected chi connectivity index (χ1v) is 9.40. The van der Waals surface area contributed by atoms with Crippen LogP contribution in [0.5, 0.6) is 0 Å². The highest BCUT2D eigenvalue weighted by atomic mass is 35.5. The van der Waals surface area contributed by atoms with Crippen LogP contribution in [0.4, 0.5) is 0 Å². The first-order valence-electron chi connectivity index (χ1n) is 9.02. The first kappa shape index (κ1) is 18.4. The van der Waals surface area contributed by atoms with Crippen LogP contribution in [0.2, 0.25) is 5.15 Å². The SMILES string of the molecule is Cc1cc(-c2nn(C)c(Cl)c2CN2CCC(CNCC(C)C)C2)no1. The summed E-state index contributed by atoms with van der Waals surface area (Å²) in [5.41, 5.74) is 2.61. The summed E-state index contributed by atoms with van der Waals surface area (Å²) in [4.78, 5) is 2.46. The Morgan fingerprint density at radius 3 is 2.92 bits per heavy atom. The molecule has 1 atom stereocenters. The maximum absolute atomic E-state index is 6.51. The van der Waals surface area contributed by atoms with Crippen LogP contribution in [-0.2, 0) is 13.6 Å². The molecule has 1 saturated heterocycles. The number of likely N-dealkylation sites (tertiary alicyclic amines) is 1. The van der Waals surface area contributed by atoms with Crippen molar-refractivity contribution in [2.24, 2.45) is 18.9 Å². The number of aromatic nitrogens is 3. The average Bonchev–Trinajstić information content (AvgIpc) is 3.24. The maximum Gasteiger partial charge on any atom is 0.134 e. The quantitative estimate of drug-likeness (QED) is 0.817. The zero-order chi connectivity index (χ0) is 18.0. The molecular weight excluding hydrogens is 338 g/mol. The van der Waals surface area contributed by atoms with Gasteiger partial charge in [-0.25, -0.2) is 0 Å². The third-order valence-corrected chi connectivity index (χ3v) is 5.15. The van der Waals surface area contributed by atoms with Gasteiger partial charge in [-0.3, -0.25) is 9.58 Å². The molecule has 25 heavy (non-hydrogen) atoms. The Labute approximate surface area is 154 Å². The van der Waals surface area contributed by atoms with Crippen molar-refractivity contribution in [2.75, 3.05) is 26.2 Å². The molecular formula is C18H28ClN5O. The van der Waals surface area contributed by atoms with E-state index in [1.807, 2.05) is 20.0 Å². The smallest absolute Gasteiger partial charge is 0.134 e. The molecule has 0 bridgehead atoms. The summed E-state index contributed by atoms with van der Waals surface area (Å²) in [6, 6.07) is 1.91. The van der Waals surface area contributed by atoms with Gasteiger partial charge in [0.2, 0.25) is 0 Å². The normalized spacial score (nSPS) is 18.6. The van der Waals surface area contributed by atoms with Gasteiger partial charge in [0.05, 0.1) is 0 Å². The lowest BCUT2D eigenvalue weighted by molar-refractivity contribution is 0.313. The lowest BCUT2D eigenvalue weighted by atomic mass is 10.1. The molecule has 3 heterocycles. The van der Waals surface area contributed by atoms with Gasteiger partial charge in [-0.2, -0.15) is 5.10 Å². The Kier molecular flexibility index (Phi) is 5.81. The molecule has 0 amide bonds. The Morgan fingerprint density at radius 2 is 2.24 bits per heavy atom. The summed E-state index contributed by atoms with van der Waals surface area (Å²) >= 11 is 6.51. The van der Waals surface area contributed by atoms with Crippen molar-refractivity contribution in [1.29, 1.82) is 0 Å². The minimum absolute atomic E-state index is 0.678. The Balaban J connectivity index is 1.65. The molecule has 0 aliphatic carbocycles. The molecule has 1 fully saturated rings. The highest BCUT2D eigenvalue weighted by molar-refractivity contribution is 6.30. The van der Waals surface area contributed by atoms with Crippen LogP contribution >= 0.6 is 11.6 Å². The lowest BCUT2D eigenvalue weighted by Crippen LogP contribution is -2.28. The van der Waals surface area contributed by atoms with Crippen molar-refractivity contribution in [3.8, 4) is 11.4 Å². The first-order chi connectivity index (χ1) is 11.9. The van der Waals surface area contributed by atoms with Crippen LogP contribution in [0.1, 0.15) is 31.6 Å². The van der Waals surface area contributed by atoms with Crippen molar-refractivity contribution >= 4 is 11.6 Å². The number of nitrogens with zero attached hydrogens (tertiary/aromatic N) is 4. The average molecular weight is 366 g/mol. The van der Waals surface area contributed by atoms with Crippen LogP contribution < -0.4 is 5.32 Å². The molecule has 1 N–H and O–H groups in total. The van der Waals surface area contributed by atoms with E-state index in [2.05, 4.69) is 34.3 Å². The largest absolute Gasteiger partial charge is 0.361 e. The predicted molar refractivity (Wildman–Crippen MR) is 99.5 cm³/mol. The molecule has 0 spiro atoms. The summed E-state index contributed by atoms with van der Waals surface area (Å²) in [6.45, 7) is 11.5. The van der Waals surface area contributed by atoms with E-state index < -0.39 is 0 Å². The number of aryl methyl sites for hydroxylation is 2. The summed E-state index contributed by atoms with van der Waals surface area (Å²) in [6.07, 6.45) is 1.22. The van der Waals surface area contributed by atoms with E-state index in [1.165, 1.54) is 6.42 Å². The van der Waals surface area contributed by atoms with Gasteiger partial charge in [0.15, 0.2) is 0 Å². The van der Waals surface area contributed by atoms with E-state index in [1.54, 1.807) is 4.68 Å². The molecule has 138 valence electrons. The van der Waals surface area contributed by atoms with Gasteiger partial charge in [0.25, 0.3) is 0 Å². The molecule has 0 aromatic carbocycles. The van der Waals surface area contributed by atoms with E-state index in [4.69, 9.17) is 16.1 Å². The summed E-state index contributed by atoms with van der Waals surface area (Å²) in [5.74, 6) is 2.17. The zero-order valence-electron chi connectivity index (χ0n) is 15.5. The molecule has 1 aliphatic heterocycles. The second-order valence-corrected chi connectivity index (χ2v) is 7.86. The molecule has 7 heteroatoms. The predicted octanol–water partition coefficient (Wildman–Crippen LogP) is 3.10. The van der Waals surface area contributed by atoms with Crippen LogP contribution in [0.15, 0.2) is 10.6 Å². The van der Waals surface area contributed by atoms with Crippen molar-refractivity contribution in [3.63, 3.8) is 0 Å². The van der Waals surface area contributed by atoms with Crippen LogP contribution in [0.25, 0.3) is 11.4 Å². The van der Waals surface area contributed by atoms with Crippen LogP contribution in [0, 0.1) is 18.8 Å². The molecule has 0 radical (unpaired) electrons. The third kappa shape index (κ3) is 4.43. The number of hydrogen-bond acceptors (Lipinski definition) is 5. The highest BCUT2D eigenvalue weighted by Crippen LogP contribution is 2.30. The fourth-order valence-corrected chi connectivity index (χ4v) is 3.58. The van der Waals surface area contributed by atoms with Gasteiger partial charge in [-0.1, -0.05) is 30.6 Å². The number of nitrogens with one attached hydrogen (secondary N) is 1. The van der Waals surface area contributed by atoms with Crippen molar-refractivity contribution in [1.82, 2.24) is 25.2 Å². The van der Waals surface area contributed by atoms with E-state index in [0.29, 0.717) is 17.0 Å². The fraction of sp³-hybridized carbons (Fsp3) is 0.667. The Morgan fingerprint density at radius 1 is 1.44 bits per heavy atom. The molecule has 1 aliphatic rings. The van der Waals surface area contributed by atoms with Crippen molar-refractivity contribution in [2.45, 2.75) is 33.7 Å². The van der Waals surface area contributed by atoms with E-state index in [0.717, 1.165) is 55.4 Å². The zero-order valence-corrected chi connectivity index (χ0v) is 16.3. The lowest BCUT2D eigenvalue weighted by Gasteiger charge is -2.17.